The van der Waals surface area contributed by atoms with Gasteiger partial charge >= 0.3 is 0 Å². The molecule has 2 aromatic rings. The van der Waals surface area contributed by atoms with E-state index in [0.29, 0.717) is 18.2 Å². The number of rotatable bonds is 3. The van der Waals surface area contributed by atoms with Gasteiger partial charge in [0.05, 0.1) is 0 Å². The van der Waals surface area contributed by atoms with Crippen LogP contribution in [0.25, 0.3) is 0 Å². The molecule has 0 unspecified atom stereocenters. The summed E-state index contributed by atoms with van der Waals surface area (Å²) in [5, 5.41) is 0. The van der Waals surface area contributed by atoms with E-state index >= 15 is 0 Å². The number of halogens is 1. The maximum absolute atomic E-state index is 12.9. The number of anilines is 3. The van der Waals surface area contributed by atoms with Crippen molar-refractivity contribution in [2.24, 2.45) is 0 Å². The summed E-state index contributed by atoms with van der Waals surface area (Å²) in [6, 6.07) is 6.19. The highest BCUT2D eigenvalue weighted by Gasteiger charge is 2.12. The summed E-state index contributed by atoms with van der Waals surface area (Å²) in [7, 11) is 0. The number of hydrogen-bond acceptors (Lipinski definition) is 4. The zero-order valence-electron chi connectivity index (χ0n) is 9.47. The Kier molecular flexibility index (Phi) is 3.18. The van der Waals surface area contributed by atoms with E-state index in [0.717, 1.165) is 5.69 Å². The van der Waals surface area contributed by atoms with E-state index in [2.05, 4.69) is 9.97 Å². The molecule has 0 aliphatic rings. The van der Waals surface area contributed by atoms with Gasteiger partial charge in [0.15, 0.2) is 11.6 Å². The van der Waals surface area contributed by atoms with Crippen molar-refractivity contribution < 1.29 is 4.39 Å². The Morgan fingerprint density at radius 1 is 1.18 bits per heavy atom. The quantitative estimate of drug-likeness (QED) is 0.882. The van der Waals surface area contributed by atoms with Gasteiger partial charge in [-0.25, -0.2) is 14.4 Å². The Labute approximate surface area is 98.9 Å². The average Bonchev–Trinajstić information content (AvgIpc) is 2.35. The number of nitrogens with two attached hydrogens (primary N) is 1. The average molecular weight is 232 g/mol. The molecule has 1 aromatic heterocycles. The third kappa shape index (κ3) is 2.33. The van der Waals surface area contributed by atoms with Crippen LogP contribution in [-0.4, -0.2) is 16.5 Å². The molecule has 4 nitrogen and oxygen atoms in total. The van der Waals surface area contributed by atoms with Crippen LogP contribution in [0.1, 0.15) is 6.92 Å². The molecule has 1 heterocycles. The summed E-state index contributed by atoms with van der Waals surface area (Å²) in [5.41, 5.74) is 6.61. The van der Waals surface area contributed by atoms with Crippen molar-refractivity contribution in [2.75, 3.05) is 17.2 Å². The lowest BCUT2D eigenvalue weighted by Gasteiger charge is -2.22. The summed E-state index contributed by atoms with van der Waals surface area (Å²) >= 11 is 0. The molecule has 0 atom stereocenters. The monoisotopic (exact) mass is 232 g/mol. The van der Waals surface area contributed by atoms with E-state index in [9.17, 15) is 4.39 Å². The largest absolute Gasteiger partial charge is 0.381 e. The lowest BCUT2D eigenvalue weighted by molar-refractivity contribution is 0.628. The maximum atomic E-state index is 12.9. The molecule has 0 spiro atoms. The van der Waals surface area contributed by atoms with Gasteiger partial charge in [0.1, 0.15) is 5.82 Å². The van der Waals surface area contributed by atoms with Crippen LogP contribution in [0.3, 0.4) is 0 Å². The number of hydrogen-bond donors (Lipinski definition) is 1. The number of nitrogen functional groups attached to an aromatic ring is 1. The van der Waals surface area contributed by atoms with E-state index < -0.39 is 0 Å². The fourth-order valence-electron chi connectivity index (χ4n) is 1.63. The lowest BCUT2D eigenvalue weighted by atomic mass is 10.2. The third-order valence-electron chi connectivity index (χ3n) is 2.42. The second-order valence-electron chi connectivity index (χ2n) is 3.49. The molecule has 0 bridgehead atoms. The van der Waals surface area contributed by atoms with Gasteiger partial charge in [-0.3, -0.25) is 0 Å². The molecule has 0 amide bonds. The Hall–Kier alpha value is -2.17. The second kappa shape index (κ2) is 4.78. The van der Waals surface area contributed by atoms with E-state index in [1.165, 1.54) is 18.3 Å². The molecule has 0 aliphatic heterocycles. The first kappa shape index (κ1) is 11.3. The summed E-state index contributed by atoms with van der Waals surface area (Å²) in [6.07, 6.45) is 3.12. The smallest absolute Gasteiger partial charge is 0.176 e. The molecule has 1 aromatic carbocycles. The predicted octanol–water partition coefficient (Wildman–Crippen LogP) is 2.36. The second-order valence-corrected chi connectivity index (χ2v) is 3.49. The first-order valence-electron chi connectivity index (χ1n) is 5.32. The van der Waals surface area contributed by atoms with Crippen LogP contribution < -0.4 is 10.6 Å². The van der Waals surface area contributed by atoms with Crippen LogP contribution in [0, 0.1) is 5.82 Å². The van der Waals surface area contributed by atoms with Crippen molar-refractivity contribution >= 4 is 17.3 Å². The summed E-state index contributed by atoms with van der Waals surface area (Å²) in [5.74, 6) is 0.678. The number of benzene rings is 1. The fraction of sp³-hybridized carbons (Fsp3) is 0.167. The van der Waals surface area contributed by atoms with Gasteiger partial charge in [0.2, 0.25) is 0 Å². The van der Waals surface area contributed by atoms with Crippen molar-refractivity contribution in [3.8, 4) is 0 Å². The van der Waals surface area contributed by atoms with E-state index in [4.69, 9.17) is 5.73 Å². The van der Waals surface area contributed by atoms with Crippen LogP contribution in [-0.2, 0) is 0 Å². The molecule has 5 heteroatoms. The van der Waals surface area contributed by atoms with Crippen molar-refractivity contribution in [2.45, 2.75) is 6.92 Å². The van der Waals surface area contributed by atoms with Gasteiger partial charge in [-0.2, -0.15) is 0 Å². The number of nitrogens with zero attached hydrogens (tertiary/aromatic N) is 3. The summed E-state index contributed by atoms with van der Waals surface area (Å²) < 4.78 is 12.9. The normalized spacial score (nSPS) is 10.2. The van der Waals surface area contributed by atoms with Crippen molar-refractivity contribution in [1.82, 2.24) is 9.97 Å². The summed E-state index contributed by atoms with van der Waals surface area (Å²) in [4.78, 5) is 10.1. The Morgan fingerprint density at radius 3 is 2.41 bits per heavy atom. The van der Waals surface area contributed by atoms with Gasteiger partial charge in [-0.15, -0.1) is 0 Å². The minimum absolute atomic E-state index is 0.267. The Morgan fingerprint density at radius 2 is 1.82 bits per heavy atom. The number of aromatic nitrogens is 2. The topological polar surface area (TPSA) is 55.0 Å². The zero-order chi connectivity index (χ0) is 12.3. The molecule has 0 fully saturated rings. The highest BCUT2D eigenvalue weighted by atomic mass is 19.1. The highest BCUT2D eigenvalue weighted by molar-refractivity contribution is 5.68. The van der Waals surface area contributed by atoms with Gasteiger partial charge in [0, 0.05) is 24.6 Å². The van der Waals surface area contributed by atoms with Crippen molar-refractivity contribution in [3.05, 3.63) is 42.5 Å². The summed E-state index contributed by atoms with van der Waals surface area (Å²) in [6.45, 7) is 2.64. The molecular formula is C12H13FN4. The lowest BCUT2D eigenvalue weighted by Crippen LogP contribution is -2.19. The van der Waals surface area contributed by atoms with Crippen LogP contribution in [0.15, 0.2) is 36.7 Å². The predicted molar refractivity (Wildman–Crippen MR) is 65.5 cm³/mol. The van der Waals surface area contributed by atoms with Gasteiger partial charge in [-0.05, 0) is 31.2 Å². The first-order valence-corrected chi connectivity index (χ1v) is 5.32. The Balaban J connectivity index is 2.40. The minimum atomic E-state index is -0.267. The van der Waals surface area contributed by atoms with E-state index in [1.807, 2.05) is 11.8 Å². The molecular weight excluding hydrogens is 219 g/mol. The van der Waals surface area contributed by atoms with E-state index in [-0.39, 0.29) is 5.82 Å². The molecule has 0 aliphatic carbocycles. The molecule has 2 N–H and O–H groups in total. The van der Waals surface area contributed by atoms with Crippen LogP contribution in [0.2, 0.25) is 0 Å². The standard InChI is InChI=1S/C12H13FN4/c1-2-17(10-5-3-9(13)4-6-10)12-11(14)15-7-8-16-12/h3-8H,2H2,1H3,(H2,14,15). The fourth-order valence-corrected chi connectivity index (χ4v) is 1.63. The van der Waals surface area contributed by atoms with E-state index in [1.54, 1.807) is 18.3 Å². The molecule has 0 radical (unpaired) electrons. The molecule has 2 rings (SSSR count). The van der Waals surface area contributed by atoms with Crippen LogP contribution >= 0.6 is 0 Å². The molecule has 0 saturated heterocycles. The zero-order valence-corrected chi connectivity index (χ0v) is 9.47. The molecule has 0 saturated carbocycles. The van der Waals surface area contributed by atoms with Crippen molar-refractivity contribution in [3.63, 3.8) is 0 Å². The maximum Gasteiger partial charge on any atom is 0.176 e. The minimum Gasteiger partial charge on any atom is -0.381 e. The van der Waals surface area contributed by atoms with Crippen LogP contribution in [0.4, 0.5) is 21.7 Å². The van der Waals surface area contributed by atoms with Crippen LogP contribution in [0.5, 0.6) is 0 Å². The highest BCUT2D eigenvalue weighted by Crippen LogP contribution is 2.26. The van der Waals surface area contributed by atoms with Gasteiger partial charge in [0.25, 0.3) is 0 Å². The van der Waals surface area contributed by atoms with Crippen molar-refractivity contribution in [1.29, 1.82) is 0 Å². The third-order valence-corrected chi connectivity index (χ3v) is 2.42. The van der Waals surface area contributed by atoms with Gasteiger partial charge in [-0.1, -0.05) is 0 Å². The Bertz CT molecular complexity index is 498. The molecule has 17 heavy (non-hydrogen) atoms. The van der Waals surface area contributed by atoms with Gasteiger partial charge < -0.3 is 10.6 Å². The SMILES string of the molecule is CCN(c1ccc(F)cc1)c1nccnc1N. The first-order chi connectivity index (χ1) is 8.22. The molecule has 88 valence electrons.